The van der Waals surface area contributed by atoms with Crippen LogP contribution in [0.4, 0.5) is 0 Å². The van der Waals surface area contributed by atoms with Crippen LogP contribution in [0.15, 0.2) is 53.0 Å². The summed E-state index contributed by atoms with van der Waals surface area (Å²) in [6.45, 7) is 3.07. The predicted molar refractivity (Wildman–Crippen MR) is 103 cm³/mol. The third kappa shape index (κ3) is 6.04. The second-order valence-electron chi connectivity index (χ2n) is 5.64. The van der Waals surface area contributed by atoms with Crippen molar-refractivity contribution in [3.8, 4) is 5.75 Å². The average molecular weight is 441 g/mol. The van der Waals surface area contributed by atoms with Gasteiger partial charge in [-0.1, -0.05) is 41.9 Å². The van der Waals surface area contributed by atoms with Crippen molar-refractivity contribution in [2.24, 2.45) is 0 Å². The molecule has 0 saturated carbocycles. The number of carbonyl (C=O) groups excluding carboxylic acids is 2. The summed E-state index contributed by atoms with van der Waals surface area (Å²) in [7, 11) is 0. The van der Waals surface area contributed by atoms with E-state index in [1.165, 1.54) is 6.92 Å². The van der Waals surface area contributed by atoms with Crippen LogP contribution in [0, 0.1) is 0 Å². The van der Waals surface area contributed by atoms with Gasteiger partial charge in [0, 0.05) is 5.02 Å². The second-order valence-corrected chi connectivity index (χ2v) is 6.93. The van der Waals surface area contributed by atoms with Crippen molar-refractivity contribution in [2.75, 3.05) is 6.61 Å². The van der Waals surface area contributed by atoms with Crippen LogP contribution in [-0.4, -0.2) is 24.6 Å². The van der Waals surface area contributed by atoms with Crippen LogP contribution in [0.3, 0.4) is 0 Å². The topological polar surface area (TPSA) is 64.6 Å². The standard InChI is InChI=1S/C19H19BrClNO4/c1-12(14-6-4-3-5-7-14)22-19(24)13(2)26-18(23)11-25-17-9-8-15(21)10-16(17)20/h3-10,12-13H,11H2,1-2H3,(H,22,24). The molecule has 0 radical (unpaired) electrons. The van der Waals surface area contributed by atoms with Gasteiger partial charge in [-0.25, -0.2) is 4.79 Å². The maximum atomic E-state index is 12.2. The lowest BCUT2D eigenvalue weighted by atomic mass is 10.1. The zero-order chi connectivity index (χ0) is 19.1. The Morgan fingerprint density at radius 2 is 1.85 bits per heavy atom. The molecule has 7 heteroatoms. The number of benzene rings is 2. The molecule has 5 nitrogen and oxygen atoms in total. The molecule has 26 heavy (non-hydrogen) atoms. The molecular formula is C19H19BrClNO4. The minimum absolute atomic E-state index is 0.189. The van der Waals surface area contributed by atoms with E-state index in [-0.39, 0.29) is 18.6 Å². The van der Waals surface area contributed by atoms with E-state index in [1.807, 2.05) is 37.3 Å². The Morgan fingerprint density at radius 3 is 2.50 bits per heavy atom. The molecule has 0 saturated heterocycles. The van der Waals surface area contributed by atoms with Crippen LogP contribution in [0.25, 0.3) is 0 Å². The van der Waals surface area contributed by atoms with Crippen LogP contribution in [0.5, 0.6) is 5.75 Å². The number of nitrogens with one attached hydrogen (secondary N) is 1. The highest BCUT2D eigenvalue weighted by atomic mass is 79.9. The highest BCUT2D eigenvalue weighted by Gasteiger charge is 2.20. The predicted octanol–water partition coefficient (Wildman–Crippen LogP) is 4.29. The van der Waals surface area contributed by atoms with Gasteiger partial charge < -0.3 is 14.8 Å². The minimum atomic E-state index is -0.925. The Labute approximate surface area is 165 Å². The molecule has 2 rings (SSSR count). The Kier molecular flexibility index (Phi) is 7.48. The molecule has 0 heterocycles. The Bertz CT molecular complexity index is 769. The number of halogens is 2. The van der Waals surface area contributed by atoms with Gasteiger partial charge in [-0.3, -0.25) is 4.79 Å². The molecule has 0 aliphatic rings. The fourth-order valence-electron chi connectivity index (χ4n) is 2.17. The molecule has 0 aromatic heterocycles. The van der Waals surface area contributed by atoms with E-state index in [0.29, 0.717) is 15.2 Å². The molecule has 0 fully saturated rings. The largest absolute Gasteiger partial charge is 0.481 e. The average Bonchev–Trinajstić information content (AvgIpc) is 2.61. The summed E-state index contributed by atoms with van der Waals surface area (Å²) in [6.07, 6.45) is -0.925. The summed E-state index contributed by atoms with van der Waals surface area (Å²) in [4.78, 5) is 24.1. The van der Waals surface area contributed by atoms with Crippen molar-refractivity contribution in [2.45, 2.75) is 26.0 Å². The number of esters is 1. The van der Waals surface area contributed by atoms with Crippen molar-refractivity contribution in [1.82, 2.24) is 5.32 Å². The van der Waals surface area contributed by atoms with Crippen molar-refractivity contribution in [3.63, 3.8) is 0 Å². The van der Waals surface area contributed by atoms with Gasteiger partial charge in [0.15, 0.2) is 12.7 Å². The van der Waals surface area contributed by atoms with Gasteiger partial charge in [0.2, 0.25) is 0 Å². The number of hydrogen-bond donors (Lipinski definition) is 1. The molecule has 0 aliphatic carbocycles. The number of ether oxygens (including phenoxy) is 2. The monoisotopic (exact) mass is 439 g/mol. The summed E-state index contributed by atoms with van der Waals surface area (Å²) in [5.74, 6) is -0.551. The van der Waals surface area contributed by atoms with Crippen molar-refractivity contribution < 1.29 is 19.1 Å². The summed E-state index contributed by atoms with van der Waals surface area (Å²) < 4.78 is 11.1. The van der Waals surface area contributed by atoms with E-state index in [2.05, 4.69) is 21.2 Å². The van der Waals surface area contributed by atoms with Crippen molar-refractivity contribution in [3.05, 3.63) is 63.6 Å². The summed E-state index contributed by atoms with van der Waals surface area (Å²) >= 11 is 9.14. The lowest BCUT2D eigenvalue weighted by Gasteiger charge is -2.18. The van der Waals surface area contributed by atoms with Gasteiger partial charge >= 0.3 is 5.97 Å². The first-order valence-electron chi connectivity index (χ1n) is 7.99. The van der Waals surface area contributed by atoms with Crippen LogP contribution in [-0.2, 0) is 14.3 Å². The van der Waals surface area contributed by atoms with Crippen LogP contribution < -0.4 is 10.1 Å². The molecule has 2 aromatic carbocycles. The maximum absolute atomic E-state index is 12.2. The molecular weight excluding hydrogens is 422 g/mol. The van der Waals surface area contributed by atoms with Gasteiger partial charge in [0.05, 0.1) is 10.5 Å². The first-order valence-corrected chi connectivity index (χ1v) is 9.16. The zero-order valence-corrected chi connectivity index (χ0v) is 16.7. The number of amides is 1. The zero-order valence-electron chi connectivity index (χ0n) is 14.4. The molecule has 0 spiro atoms. The van der Waals surface area contributed by atoms with Crippen LogP contribution >= 0.6 is 27.5 Å². The molecule has 138 valence electrons. The van der Waals surface area contributed by atoms with E-state index in [9.17, 15) is 9.59 Å². The first kappa shape index (κ1) is 20.3. The highest BCUT2D eigenvalue weighted by Crippen LogP contribution is 2.27. The number of rotatable bonds is 7. The second kappa shape index (κ2) is 9.59. The quantitative estimate of drug-likeness (QED) is 0.652. The Morgan fingerprint density at radius 1 is 1.15 bits per heavy atom. The Balaban J connectivity index is 1.81. The van der Waals surface area contributed by atoms with E-state index in [1.54, 1.807) is 18.2 Å². The van der Waals surface area contributed by atoms with Gasteiger partial charge in [-0.15, -0.1) is 0 Å². The molecule has 0 bridgehead atoms. The van der Waals surface area contributed by atoms with Gasteiger partial charge in [-0.05, 0) is 53.5 Å². The molecule has 1 amide bonds. The van der Waals surface area contributed by atoms with Crippen LogP contribution in [0.1, 0.15) is 25.5 Å². The molecule has 2 atom stereocenters. The summed E-state index contributed by atoms with van der Waals surface area (Å²) in [6, 6.07) is 14.3. The SMILES string of the molecule is CC(OC(=O)COc1ccc(Cl)cc1Br)C(=O)NC(C)c1ccccc1. The maximum Gasteiger partial charge on any atom is 0.344 e. The Hall–Kier alpha value is -2.05. The van der Waals surface area contributed by atoms with E-state index < -0.39 is 12.1 Å². The molecule has 0 aliphatic heterocycles. The fourth-order valence-corrected chi connectivity index (χ4v) is 2.97. The summed E-state index contributed by atoms with van der Waals surface area (Å²) in [5.41, 5.74) is 0.968. The first-order chi connectivity index (χ1) is 12.4. The lowest BCUT2D eigenvalue weighted by molar-refractivity contribution is -0.156. The van der Waals surface area contributed by atoms with Crippen LogP contribution in [0.2, 0.25) is 5.02 Å². The van der Waals surface area contributed by atoms with Gasteiger partial charge in [-0.2, -0.15) is 0 Å². The van der Waals surface area contributed by atoms with E-state index >= 15 is 0 Å². The number of hydrogen-bond acceptors (Lipinski definition) is 4. The minimum Gasteiger partial charge on any atom is -0.481 e. The van der Waals surface area contributed by atoms with E-state index in [4.69, 9.17) is 21.1 Å². The smallest absolute Gasteiger partial charge is 0.344 e. The van der Waals surface area contributed by atoms with Crippen molar-refractivity contribution in [1.29, 1.82) is 0 Å². The number of carbonyl (C=O) groups is 2. The third-order valence-electron chi connectivity index (χ3n) is 3.58. The van der Waals surface area contributed by atoms with Gasteiger partial charge in [0.1, 0.15) is 5.75 Å². The fraction of sp³-hybridized carbons (Fsp3) is 0.263. The molecule has 2 unspecified atom stereocenters. The molecule has 1 N–H and O–H groups in total. The third-order valence-corrected chi connectivity index (χ3v) is 4.43. The summed E-state index contributed by atoms with van der Waals surface area (Å²) in [5, 5.41) is 3.36. The van der Waals surface area contributed by atoms with E-state index in [0.717, 1.165) is 5.56 Å². The highest BCUT2D eigenvalue weighted by molar-refractivity contribution is 9.10. The normalized spacial score (nSPS) is 12.8. The van der Waals surface area contributed by atoms with Crippen molar-refractivity contribution >= 4 is 39.4 Å². The van der Waals surface area contributed by atoms with Gasteiger partial charge in [0.25, 0.3) is 5.91 Å². The lowest BCUT2D eigenvalue weighted by Crippen LogP contribution is -2.38. The molecule has 2 aromatic rings.